The van der Waals surface area contributed by atoms with Crippen LogP contribution in [0.1, 0.15) is 11.1 Å². The molecule has 94 valence electrons. The van der Waals surface area contributed by atoms with Gasteiger partial charge in [0.05, 0.1) is 12.8 Å². The highest BCUT2D eigenvalue weighted by Crippen LogP contribution is 2.31. The van der Waals surface area contributed by atoms with E-state index < -0.39 is 0 Å². The number of ether oxygens (including phenoxy) is 1. The van der Waals surface area contributed by atoms with Crippen LogP contribution in [0.15, 0.2) is 46.9 Å². The molecule has 18 heavy (non-hydrogen) atoms. The van der Waals surface area contributed by atoms with Crippen LogP contribution < -0.4 is 10.1 Å². The highest BCUT2D eigenvalue weighted by Gasteiger charge is 2.06. The van der Waals surface area contributed by atoms with Crippen LogP contribution in [0.3, 0.4) is 0 Å². The Kier molecular flexibility index (Phi) is 4.26. The molecule has 0 saturated heterocycles. The number of nitrogens with one attached hydrogen (secondary N) is 1. The third-order valence-corrected chi connectivity index (χ3v) is 3.43. The minimum atomic E-state index is 0.812. The van der Waals surface area contributed by atoms with E-state index in [9.17, 15) is 0 Å². The normalized spacial score (nSPS) is 10.2. The maximum atomic E-state index is 5.24. The quantitative estimate of drug-likeness (QED) is 0.905. The number of aryl methyl sites for hydroxylation is 1. The third kappa shape index (κ3) is 3.05. The molecule has 0 heterocycles. The topological polar surface area (TPSA) is 21.3 Å². The molecule has 0 aliphatic rings. The number of halogens is 1. The fourth-order valence-corrected chi connectivity index (χ4v) is 2.52. The fraction of sp³-hybridized carbons (Fsp3) is 0.200. The summed E-state index contributed by atoms with van der Waals surface area (Å²) < 4.78 is 6.26. The molecular weight excluding hydrogens is 290 g/mol. The molecule has 0 saturated carbocycles. The van der Waals surface area contributed by atoms with Crippen molar-refractivity contribution in [2.75, 3.05) is 12.4 Å². The zero-order chi connectivity index (χ0) is 13.0. The molecule has 0 aromatic heterocycles. The van der Waals surface area contributed by atoms with Crippen molar-refractivity contribution in [2.45, 2.75) is 13.5 Å². The summed E-state index contributed by atoms with van der Waals surface area (Å²) in [5, 5.41) is 3.45. The van der Waals surface area contributed by atoms with Gasteiger partial charge in [-0.1, -0.05) is 30.3 Å². The van der Waals surface area contributed by atoms with Crippen LogP contribution in [-0.2, 0) is 6.54 Å². The Labute approximate surface area is 116 Å². The van der Waals surface area contributed by atoms with E-state index in [1.54, 1.807) is 7.11 Å². The predicted molar refractivity (Wildman–Crippen MR) is 79.2 cm³/mol. The van der Waals surface area contributed by atoms with Gasteiger partial charge in [0.15, 0.2) is 0 Å². The summed E-state index contributed by atoms with van der Waals surface area (Å²) >= 11 is 3.57. The van der Waals surface area contributed by atoms with Crippen molar-refractivity contribution in [3.63, 3.8) is 0 Å². The summed E-state index contributed by atoms with van der Waals surface area (Å²) in [7, 11) is 1.68. The highest BCUT2D eigenvalue weighted by molar-refractivity contribution is 9.10. The molecule has 2 rings (SSSR count). The minimum Gasteiger partial charge on any atom is -0.497 e. The van der Waals surface area contributed by atoms with Gasteiger partial charge >= 0.3 is 0 Å². The Bertz CT molecular complexity index is 502. The Morgan fingerprint density at radius 1 is 1.17 bits per heavy atom. The Morgan fingerprint density at radius 3 is 2.50 bits per heavy atom. The van der Waals surface area contributed by atoms with E-state index in [1.165, 1.54) is 5.56 Å². The molecule has 0 radical (unpaired) electrons. The van der Waals surface area contributed by atoms with Crippen molar-refractivity contribution in [3.05, 3.63) is 58.1 Å². The summed E-state index contributed by atoms with van der Waals surface area (Å²) in [5.74, 6) is 0.865. The molecule has 0 aliphatic heterocycles. The molecule has 1 N–H and O–H groups in total. The predicted octanol–water partition coefficient (Wildman–Crippen LogP) is 4.38. The Morgan fingerprint density at radius 2 is 1.89 bits per heavy atom. The molecule has 2 aromatic rings. The third-order valence-electron chi connectivity index (χ3n) is 2.81. The number of rotatable bonds is 4. The first kappa shape index (κ1) is 13.0. The van der Waals surface area contributed by atoms with Crippen LogP contribution in [0.2, 0.25) is 0 Å². The maximum absolute atomic E-state index is 5.24. The van der Waals surface area contributed by atoms with Gasteiger partial charge in [-0.25, -0.2) is 0 Å². The molecule has 0 bridgehead atoms. The first-order valence-corrected chi connectivity index (χ1v) is 6.62. The molecule has 0 unspecified atom stereocenters. The van der Waals surface area contributed by atoms with E-state index >= 15 is 0 Å². The number of methoxy groups -OCH3 is 1. The lowest BCUT2D eigenvalue weighted by atomic mass is 10.1. The van der Waals surface area contributed by atoms with Gasteiger partial charge in [0.25, 0.3) is 0 Å². The van der Waals surface area contributed by atoms with Crippen LogP contribution >= 0.6 is 15.9 Å². The summed E-state index contributed by atoms with van der Waals surface area (Å²) in [5.41, 5.74) is 3.54. The average Bonchev–Trinajstić information content (AvgIpc) is 2.38. The van der Waals surface area contributed by atoms with Crippen LogP contribution in [0, 0.1) is 6.92 Å². The SMILES string of the molecule is COc1cc(C)c(NCc2ccccc2)c(Br)c1. The largest absolute Gasteiger partial charge is 0.497 e. The van der Waals surface area contributed by atoms with E-state index in [-0.39, 0.29) is 0 Å². The molecule has 0 fully saturated rings. The molecular formula is C15H16BrNO. The lowest BCUT2D eigenvalue weighted by Crippen LogP contribution is -2.02. The minimum absolute atomic E-state index is 0.812. The van der Waals surface area contributed by atoms with Crippen LogP contribution in [0.4, 0.5) is 5.69 Å². The Hall–Kier alpha value is -1.48. The summed E-state index contributed by atoms with van der Waals surface area (Å²) in [4.78, 5) is 0. The lowest BCUT2D eigenvalue weighted by Gasteiger charge is -2.13. The van der Waals surface area contributed by atoms with Crippen molar-refractivity contribution in [1.82, 2.24) is 0 Å². The van der Waals surface area contributed by atoms with Gasteiger partial charge < -0.3 is 10.1 Å². The zero-order valence-corrected chi connectivity index (χ0v) is 12.1. The number of anilines is 1. The van der Waals surface area contributed by atoms with Crippen molar-refractivity contribution in [1.29, 1.82) is 0 Å². The van der Waals surface area contributed by atoms with Gasteiger partial charge in [-0.15, -0.1) is 0 Å². The summed E-state index contributed by atoms with van der Waals surface area (Å²) in [6.45, 7) is 2.88. The second kappa shape index (κ2) is 5.91. The van der Waals surface area contributed by atoms with E-state index in [0.717, 1.165) is 28.0 Å². The van der Waals surface area contributed by atoms with Crippen molar-refractivity contribution < 1.29 is 4.74 Å². The highest BCUT2D eigenvalue weighted by atomic mass is 79.9. The number of benzene rings is 2. The summed E-state index contributed by atoms with van der Waals surface area (Å²) in [6, 6.07) is 14.3. The summed E-state index contributed by atoms with van der Waals surface area (Å²) in [6.07, 6.45) is 0. The molecule has 0 aliphatic carbocycles. The molecule has 2 aromatic carbocycles. The van der Waals surface area contributed by atoms with E-state index in [1.807, 2.05) is 30.3 Å². The number of hydrogen-bond acceptors (Lipinski definition) is 2. The Balaban J connectivity index is 2.15. The molecule has 3 heteroatoms. The zero-order valence-electron chi connectivity index (χ0n) is 10.5. The van der Waals surface area contributed by atoms with Gasteiger partial charge in [-0.3, -0.25) is 0 Å². The van der Waals surface area contributed by atoms with Gasteiger partial charge in [-0.2, -0.15) is 0 Å². The average molecular weight is 306 g/mol. The molecule has 0 atom stereocenters. The van der Waals surface area contributed by atoms with Crippen LogP contribution in [0.5, 0.6) is 5.75 Å². The van der Waals surface area contributed by atoms with Gasteiger partial charge in [0.2, 0.25) is 0 Å². The number of hydrogen-bond donors (Lipinski definition) is 1. The molecule has 0 amide bonds. The van der Waals surface area contributed by atoms with Gasteiger partial charge in [-0.05, 0) is 46.1 Å². The van der Waals surface area contributed by atoms with Crippen molar-refractivity contribution >= 4 is 21.6 Å². The first-order valence-electron chi connectivity index (χ1n) is 5.82. The first-order chi connectivity index (χ1) is 8.70. The van der Waals surface area contributed by atoms with Crippen molar-refractivity contribution in [3.8, 4) is 5.75 Å². The second-order valence-electron chi connectivity index (χ2n) is 4.14. The van der Waals surface area contributed by atoms with E-state index in [0.29, 0.717) is 0 Å². The lowest BCUT2D eigenvalue weighted by molar-refractivity contribution is 0.414. The van der Waals surface area contributed by atoms with E-state index in [4.69, 9.17) is 4.74 Å². The van der Waals surface area contributed by atoms with Crippen molar-refractivity contribution in [2.24, 2.45) is 0 Å². The monoisotopic (exact) mass is 305 g/mol. The van der Waals surface area contributed by atoms with E-state index in [2.05, 4.69) is 40.3 Å². The molecule has 2 nitrogen and oxygen atoms in total. The maximum Gasteiger partial charge on any atom is 0.120 e. The fourth-order valence-electron chi connectivity index (χ4n) is 1.84. The second-order valence-corrected chi connectivity index (χ2v) is 4.99. The standard InChI is InChI=1S/C15H16BrNO/c1-11-8-13(18-2)9-14(16)15(11)17-10-12-6-4-3-5-7-12/h3-9,17H,10H2,1-2H3. The van der Waals surface area contributed by atoms with Gasteiger partial charge in [0, 0.05) is 11.0 Å². The van der Waals surface area contributed by atoms with Crippen LogP contribution in [0.25, 0.3) is 0 Å². The molecule has 0 spiro atoms. The van der Waals surface area contributed by atoms with Gasteiger partial charge in [0.1, 0.15) is 5.75 Å². The smallest absolute Gasteiger partial charge is 0.120 e. The van der Waals surface area contributed by atoms with Crippen LogP contribution in [-0.4, -0.2) is 7.11 Å².